The second-order valence-electron chi connectivity index (χ2n) is 4.82. The van der Waals surface area contributed by atoms with Crippen LogP contribution in [0.3, 0.4) is 0 Å². The fourth-order valence-electron chi connectivity index (χ4n) is 2.68. The van der Waals surface area contributed by atoms with Gasteiger partial charge in [-0.3, -0.25) is 0 Å². The largest absolute Gasteiger partial charge is 0.306 e. The van der Waals surface area contributed by atoms with E-state index in [4.69, 9.17) is 0 Å². The van der Waals surface area contributed by atoms with Crippen molar-refractivity contribution in [2.45, 2.75) is 44.9 Å². The Kier molecular flexibility index (Phi) is 2.65. The first-order chi connectivity index (χ1) is 7.93. The SMILES string of the molecule is c1ncn2cc3c(cc12)CCCCCCC3. The van der Waals surface area contributed by atoms with E-state index in [1.807, 2.05) is 12.5 Å². The van der Waals surface area contributed by atoms with Gasteiger partial charge in [-0.25, -0.2) is 4.98 Å². The first kappa shape index (κ1) is 9.88. The summed E-state index contributed by atoms with van der Waals surface area (Å²) in [6.07, 6.45) is 15.5. The Morgan fingerprint density at radius 2 is 1.69 bits per heavy atom. The van der Waals surface area contributed by atoms with Crippen LogP contribution in [0.2, 0.25) is 0 Å². The van der Waals surface area contributed by atoms with Gasteiger partial charge < -0.3 is 4.40 Å². The molecule has 0 saturated carbocycles. The van der Waals surface area contributed by atoms with Gasteiger partial charge in [0.1, 0.15) is 0 Å². The molecule has 2 aromatic heterocycles. The minimum Gasteiger partial charge on any atom is -0.306 e. The minimum absolute atomic E-state index is 1.23. The lowest BCUT2D eigenvalue weighted by molar-refractivity contribution is 0.629. The van der Waals surface area contributed by atoms with Crippen LogP contribution in [0.15, 0.2) is 24.8 Å². The number of hydrogen-bond acceptors (Lipinski definition) is 1. The number of fused-ring (bicyclic) bond motifs is 2. The molecule has 0 aromatic carbocycles. The van der Waals surface area contributed by atoms with E-state index in [0.717, 1.165) is 0 Å². The maximum absolute atomic E-state index is 4.20. The second kappa shape index (κ2) is 4.28. The monoisotopic (exact) mass is 214 g/mol. The molecule has 2 aromatic rings. The van der Waals surface area contributed by atoms with Crippen LogP contribution >= 0.6 is 0 Å². The van der Waals surface area contributed by atoms with E-state index < -0.39 is 0 Å². The van der Waals surface area contributed by atoms with Gasteiger partial charge in [0.15, 0.2) is 0 Å². The normalized spacial score (nSPS) is 17.5. The number of pyridine rings is 1. The van der Waals surface area contributed by atoms with Gasteiger partial charge in [-0.15, -0.1) is 0 Å². The predicted octanol–water partition coefficient (Wildman–Crippen LogP) is 3.38. The summed E-state index contributed by atoms with van der Waals surface area (Å²) in [6, 6.07) is 2.33. The minimum atomic E-state index is 1.23. The highest BCUT2D eigenvalue weighted by Crippen LogP contribution is 2.21. The van der Waals surface area contributed by atoms with Crippen LogP contribution in [0.5, 0.6) is 0 Å². The number of hydrogen-bond donors (Lipinski definition) is 0. The van der Waals surface area contributed by atoms with Crippen LogP contribution < -0.4 is 0 Å². The van der Waals surface area contributed by atoms with Crippen LogP contribution in [0, 0.1) is 0 Å². The molecule has 0 fully saturated rings. The smallest absolute Gasteiger partial charge is 0.0992 e. The molecule has 84 valence electrons. The zero-order chi connectivity index (χ0) is 10.8. The van der Waals surface area contributed by atoms with Gasteiger partial charge >= 0.3 is 0 Å². The average molecular weight is 214 g/mol. The summed E-state index contributed by atoms with van der Waals surface area (Å²) in [7, 11) is 0. The molecular formula is C14H18N2. The molecule has 0 bridgehead atoms. The lowest BCUT2D eigenvalue weighted by Gasteiger charge is -2.08. The van der Waals surface area contributed by atoms with Crippen LogP contribution in [0.1, 0.15) is 43.2 Å². The maximum Gasteiger partial charge on any atom is 0.0992 e. The number of rotatable bonds is 0. The van der Waals surface area contributed by atoms with E-state index in [-0.39, 0.29) is 0 Å². The molecule has 1 aliphatic rings. The van der Waals surface area contributed by atoms with Crippen molar-refractivity contribution in [1.82, 2.24) is 9.38 Å². The first-order valence-corrected chi connectivity index (χ1v) is 6.37. The van der Waals surface area contributed by atoms with Crippen molar-refractivity contribution in [2.24, 2.45) is 0 Å². The van der Waals surface area contributed by atoms with Crippen molar-refractivity contribution in [3.8, 4) is 0 Å². The van der Waals surface area contributed by atoms with Gasteiger partial charge in [-0.2, -0.15) is 0 Å². The van der Waals surface area contributed by atoms with Gasteiger partial charge in [0.05, 0.1) is 18.0 Å². The molecule has 0 spiro atoms. The van der Waals surface area contributed by atoms with Gasteiger partial charge in [0.2, 0.25) is 0 Å². The van der Waals surface area contributed by atoms with E-state index in [0.29, 0.717) is 0 Å². The molecule has 0 saturated heterocycles. The molecule has 3 rings (SSSR count). The molecule has 0 amide bonds. The highest BCUT2D eigenvalue weighted by atomic mass is 15.0. The van der Waals surface area contributed by atoms with Crippen molar-refractivity contribution in [3.63, 3.8) is 0 Å². The summed E-state index contributed by atoms with van der Waals surface area (Å²) in [5, 5.41) is 0. The van der Waals surface area contributed by atoms with E-state index in [9.17, 15) is 0 Å². The van der Waals surface area contributed by atoms with E-state index in [1.54, 1.807) is 5.56 Å². The molecule has 2 heterocycles. The lowest BCUT2D eigenvalue weighted by atomic mass is 10.0. The van der Waals surface area contributed by atoms with Crippen molar-refractivity contribution in [3.05, 3.63) is 35.9 Å². The van der Waals surface area contributed by atoms with Crippen molar-refractivity contribution < 1.29 is 0 Å². The molecule has 0 atom stereocenters. The van der Waals surface area contributed by atoms with Crippen LogP contribution in [0.25, 0.3) is 5.52 Å². The van der Waals surface area contributed by atoms with E-state index >= 15 is 0 Å². The van der Waals surface area contributed by atoms with Gasteiger partial charge in [-0.1, -0.05) is 19.3 Å². The maximum atomic E-state index is 4.20. The third-order valence-electron chi connectivity index (χ3n) is 3.62. The summed E-state index contributed by atoms with van der Waals surface area (Å²) >= 11 is 0. The Morgan fingerprint density at radius 3 is 2.56 bits per heavy atom. The zero-order valence-electron chi connectivity index (χ0n) is 9.65. The number of aromatic nitrogens is 2. The van der Waals surface area contributed by atoms with Crippen LogP contribution in [-0.2, 0) is 12.8 Å². The Bertz CT molecular complexity index is 442. The zero-order valence-corrected chi connectivity index (χ0v) is 9.65. The van der Waals surface area contributed by atoms with E-state index in [2.05, 4.69) is 21.6 Å². The predicted molar refractivity (Wildman–Crippen MR) is 65.7 cm³/mol. The molecule has 0 radical (unpaired) electrons. The average Bonchev–Trinajstić information content (AvgIpc) is 2.76. The summed E-state index contributed by atoms with van der Waals surface area (Å²) < 4.78 is 2.15. The molecule has 1 aliphatic carbocycles. The van der Waals surface area contributed by atoms with Crippen molar-refractivity contribution in [1.29, 1.82) is 0 Å². The molecule has 0 unspecified atom stereocenters. The van der Waals surface area contributed by atoms with Gasteiger partial charge in [-0.05, 0) is 42.9 Å². The molecule has 0 aliphatic heterocycles. The molecule has 16 heavy (non-hydrogen) atoms. The quantitative estimate of drug-likeness (QED) is 0.657. The summed E-state index contributed by atoms with van der Waals surface area (Å²) in [5.74, 6) is 0. The number of aryl methyl sites for hydroxylation is 2. The number of imidazole rings is 1. The molecule has 2 nitrogen and oxygen atoms in total. The highest BCUT2D eigenvalue weighted by molar-refractivity contribution is 5.49. The summed E-state index contributed by atoms with van der Waals surface area (Å²) in [6.45, 7) is 0. The first-order valence-electron chi connectivity index (χ1n) is 6.37. The van der Waals surface area contributed by atoms with E-state index in [1.165, 1.54) is 56.0 Å². The van der Waals surface area contributed by atoms with Crippen LogP contribution in [0.4, 0.5) is 0 Å². The third-order valence-corrected chi connectivity index (χ3v) is 3.62. The Hall–Kier alpha value is -1.31. The Morgan fingerprint density at radius 1 is 0.938 bits per heavy atom. The molecular weight excluding hydrogens is 196 g/mol. The van der Waals surface area contributed by atoms with Crippen molar-refractivity contribution in [2.75, 3.05) is 0 Å². The second-order valence-corrected chi connectivity index (χ2v) is 4.82. The van der Waals surface area contributed by atoms with Gasteiger partial charge in [0, 0.05) is 6.20 Å². The standard InChI is InChI=1S/C14H18N2/c1-2-4-6-12-8-14-9-15-11-16(14)10-13(12)7-5-3-1/h8-11H,1-7H2. The topological polar surface area (TPSA) is 17.3 Å². The fraction of sp³-hybridized carbons (Fsp3) is 0.500. The molecule has 2 heteroatoms. The van der Waals surface area contributed by atoms with Crippen LogP contribution in [-0.4, -0.2) is 9.38 Å². The fourth-order valence-corrected chi connectivity index (χ4v) is 2.68. The lowest BCUT2D eigenvalue weighted by Crippen LogP contribution is -1.97. The molecule has 0 N–H and O–H groups in total. The Labute approximate surface area is 96.3 Å². The summed E-state index contributed by atoms with van der Waals surface area (Å²) in [5.41, 5.74) is 4.32. The van der Waals surface area contributed by atoms with Gasteiger partial charge in [0.25, 0.3) is 0 Å². The Balaban J connectivity index is 2.03. The number of nitrogens with zero attached hydrogens (tertiary/aromatic N) is 2. The highest BCUT2D eigenvalue weighted by Gasteiger charge is 2.07. The third kappa shape index (κ3) is 1.84. The van der Waals surface area contributed by atoms with Crippen molar-refractivity contribution >= 4 is 5.52 Å². The summed E-state index contributed by atoms with van der Waals surface area (Å²) in [4.78, 5) is 4.20.